The second-order valence-corrected chi connectivity index (χ2v) is 10.1. The molecule has 0 spiro atoms. The Balaban J connectivity index is 0.00000363. The van der Waals surface area contributed by atoms with Gasteiger partial charge in [-0.15, -0.1) is 0 Å². The van der Waals surface area contributed by atoms with E-state index in [-0.39, 0.29) is 21.1 Å². The molecule has 3 rings (SSSR count). The van der Waals surface area contributed by atoms with Gasteiger partial charge in [0.25, 0.3) is 15.6 Å². The SMILES string of the molecule is O=P([O-])([O-])OP(=O)([O-])OP(=O)([O-])OC[C@H]1O[C@@H](n2cnc3c(O)ncnc32)[C@H](O)[C@@H]1O.[P+4]. The van der Waals surface area contributed by atoms with Crippen LogP contribution in [0.15, 0.2) is 12.7 Å². The monoisotopic (exact) mass is 535 g/mol. The predicted molar refractivity (Wildman–Crippen MR) is 90.8 cm³/mol. The van der Waals surface area contributed by atoms with Crippen molar-refractivity contribution in [3.05, 3.63) is 12.7 Å². The predicted octanol–water partition coefficient (Wildman–Crippen LogP) is -3.17. The molecule has 18 nitrogen and oxygen atoms in total. The third-order valence-electron chi connectivity index (χ3n) is 3.75. The van der Waals surface area contributed by atoms with Gasteiger partial charge < -0.3 is 48.7 Å². The zero-order valence-electron chi connectivity index (χ0n) is 15.1. The first-order chi connectivity index (χ1) is 14.2. The molecule has 1 fully saturated rings. The summed E-state index contributed by atoms with van der Waals surface area (Å²) < 4.78 is 50.0. The molecule has 0 bridgehead atoms. The van der Waals surface area contributed by atoms with Crippen molar-refractivity contribution in [2.75, 3.05) is 6.61 Å². The van der Waals surface area contributed by atoms with E-state index >= 15 is 0 Å². The number of fused-ring (bicyclic) bond motifs is 1. The number of phosphoric acid groups is 3. The van der Waals surface area contributed by atoms with E-state index in [1.807, 2.05) is 0 Å². The largest absolute Gasteiger partial charge is 4.00 e. The van der Waals surface area contributed by atoms with Crippen LogP contribution in [0.5, 0.6) is 5.88 Å². The van der Waals surface area contributed by atoms with Crippen LogP contribution in [0.3, 0.4) is 0 Å². The van der Waals surface area contributed by atoms with Gasteiger partial charge >= 0.3 is 9.90 Å². The number of aliphatic hydroxyl groups excluding tert-OH is 2. The van der Waals surface area contributed by atoms with Gasteiger partial charge in [-0.25, -0.2) is 14.3 Å². The van der Waals surface area contributed by atoms with E-state index in [4.69, 9.17) is 4.74 Å². The van der Waals surface area contributed by atoms with Gasteiger partial charge in [-0.3, -0.25) is 18.0 Å². The fourth-order valence-corrected chi connectivity index (χ4v) is 5.44. The van der Waals surface area contributed by atoms with Gasteiger partial charge in [0.1, 0.15) is 24.6 Å². The molecule has 0 amide bonds. The number of ether oxygens (including phenoxy) is 1. The maximum absolute atomic E-state index is 11.6. The Morgan fingerprint density at radius 3 is 2.31 bits per heavy atom. The molecule has 2 aromatic heterocycles. The Labute approximate surface area is 180 Å². The summed E-state index contributed by atoms with van der Waals surface area (Å²) in [7, 11) is -18.1. The molecule has 6 atom stereocenters. The number of nitrogens with zero attached hydrogens (tertiary/aromatic N) is 4. The summed E-state index contributed by atoms with van der Waals surface area (Å²) in [6, 6.07) is 0. The molecule has 22 heteroatoms. The second kappa shape index (κ2) is 9.74. The minimum atomic E-state index is -6.15. The van der Waals surface area contributed by atoms with Gasteiger partial charge in [-0.1, -0.05) is 0 Å². The molecule has 3 heterocycles. The summed E-state index contributed by atoms with van der Waals surface area (Å²) in [6.45, 7) is -1.10. The van der Waals surface area contributed by atoms with Crippen molar-refractivity contribution in [3.63, 3.8) is 0 Å². The maximum atomic E-state index is 11.6. The van der Waals surface area contributed by atoms with Gasteiger partial charge in [0.15, 0.2) is 17.4 Å². The maximum Gasteiger partial charge on any atom is 4.00 e. The number of phosphoric ester groups is 1. The minimum absolute atomic E-state index is 0. The quantitative estimate of drug-likeness (QED) is 0.281. The first kappa shape index (κ1) is 27.3. The molecule has 175 valence electrons. The Morgan fingerprint density at radius 1 is 1.03 bits per heavy atom. The number of hydrogen-bond acceptors (Lipinski definition) is 17. The van der Waals surface area contributed by atoms with Crippen LogP contribution in [0.1, 0.15) is 6.23 Å². The summed E-state index contributed by atoms with van der Waals surface area (Å²) >= 11 is 0. The Morgan fingerprint density at radius 2 is 1.69 bits per heavy atom. The first-order valence-electron chi connectivity index (χ1n) is 7.78. The molecule has 2 unspecified atom stereocenters. The molecule has 2 aromatic rings. The third kappa shape index (κ3) is 6.35. The van der Waals surface area contributed by atoms with Crippen molar-refractivity contribution in [2.24, 2.45) is 0 Å². The third-order valence-corrected chi connectivity index (χ3v) is 7.41. The number of aliphatic hydroxyl groups is 2. The van der Waals surface area contributed by atoms with E-state index in [1.165, 1.54) is 0 Å². The van der Waals surface area contributed by atoms with E-state index in [1.54, 1.807) is 0 Å². The molecule has 0 aliphatic carbocycles. The molecule has 0 aromatic carbocycles. The fourth-order valence-electron chi connectivity index (χ4n) is 2.57. The zero-order chi connectivity index (χ0) is 23.2. The summed E-state index contributed by atoms with van der Waals surface area (Å²) in [4.78, 5) is 54.5. The number of aromatic hydroxyl groups is 1. The summed E-state index contributed by atoms with van der Waals surface area (Å²) in [6.07, 6.45) is -4.36. The average Bonchev–Trinajstić information content (AvgIpc) is 3.13. The van der Waals surface area contributed by atoms with E-state index in [2.05, 4.69) is 28.1 Å². The average molecular weight is 535 g/mol. The van der Waals surface area contributed by atoms with E-state index in [0.29, 0.717) is 0 Å². The molecule has 1 aliphatic heterocycles. The number of imidazole rings is 1. The van der Waals surface area contributed by atoms with E-state index < -0.39 is 60.5 Å². The summed E-state index contributed by atoms with van der Waals surface area (Å²) in [5, 5.41) is 29.9. The van der Waals surface area contributed by atoms with Crippen LogP contribution >= 0.6 is 33.4 Å². The van der Waals surface area contributed by atoms with Crippen molar-refractivity contribution in [3.8, 4) is 5.88 Å². The molecule has 3 N–H and O–H groups in total. The summed E-state index contributed by atoms with van der Waals surface area (Å²) in [5.74, 6) is -0.480. The van der Waals surface area contributed by atoms with Crippen molar-refractivity contribution in [1.29, 1.82) is 0 Å². The Kier molecular flexibility index (Phi) is 8.32. The van der Waals surface area contributed by atoms with Crippen molar-refractivity contribution >= 4 is 44.5 Å². The molecule has 32 heavy (non-hydrogen) atoms. The summed E-state index contributed by atoms with van der Waals surface area (Å²) in [5.41, 5.74) is -0.0718. The zero-order valence-corrected chi connectivity index (χ0v) is 18.7. The minimum Gasteiger partial charge on any atom is -0.790 e. The second-order valence-electron chi connectivity index (χ2n) is 5.87. The topological polar surface area (TPSA) is 285 Å². The Bertz CT molecular complexity index is 1110. The first-order valence-corrected chi connectivity index (χ1v) is 12.2. The molecule has 1 saturated heterocycles. The molecule has 1 radical (unpaired) electrons. The fraction of sp³-hybridized carbons (Fsp3) is 0.500. The molecule has 0 saturated carbocycles. The van der Waals surface area contributed by atoms with E-state index in [0.717, 1.165) is 17.2 Å². The van der Waals surface area contributed by atoms with Crippen LogP contribution in [-0.2, 0) is 31.6 Å². The van der Waals surface area contributed by atoms with Gasteiger partial charge in [0.2, 0.25) is 5.88 Å². The molecular formula is C10H11N4O14P4. The van der Waals surface area contributed by atoms with E-state index in [9.17, 15) is 48.6 Å². The van der Waals surface area contributed by atoms with Crippen LogP contribution in [0.2, 0.25) is 0 Å². The molecule has 1 aliphatic rings. The number of aromatic nitrogens is 4. The number of rotatable bonds is 8. The molecular weight excluding hydrogens is 524 g/mol. The van der Waals surface area contributed by atoms with Gasteiger partial charge in [-0.05, 0) is 0 Å². The Hall–Kier alpha value is -0.930. The van der Waals surface area contributed by atoms with Crippen molar-refractivity contribution in [1.82, 2.24) is 19.5 Å². The normalized spacial score (nSPS) is 27.6. The standard InChI is InChI=1S/C10H15N4O14P3.P/c15-6-4(1-25-30(21,22)28-31(23,24)27-29(18,19)20)26-10(7(6)16)14-3-13-5-8(14)11-2-12-9(5)17;/h2-4,6-7,10,15-16H,1H2,(H,21,22)(H,23,24)(H,11,12,17)(H2,18,19,20);/q;+4/p-4/t4-,6-,7-,10-;/m1./s1. The van der Waals surface area contributed by atoms with Gasteiger partial charge in [-0.2, -0.15) is 4.98 Å². The van der Waals surface area contributed by atoms with Crippen LogP contribution in [-0.4, -0.2) is 59.8 Å². The van der Waals surface area contributed by atoms with Gasteiger partial charge in [0.05, 0.1) is 20.8 Å². The van der Waals surface area contributed by atoms with Crippen LogP contribution in [0.4, 0.5) is 0 Å². The van der Waals surface area contributed by atoms with Crippen LogP contribution in [0, 0.1) is 0 Å². The number of hydrogen-bond donors (Lipinski definition) is 3. The van der Waals surface area contributed by atoms with Crippen LogP contribution in [0.25, 0.3) is 11.2 Å². The van der Waals surface area contributed by atoms with Crippen molar-refractivity contribution in [2.45, 2.75) is 24.5 Å². The van der Waals surface area contributed by atoms with Crippen LogP contribution < -0.4 is 19.6 Å². The van der Waals surface area contributed by atoms with Gasteiger partial charge in [0, 0.05) is 0 Å². The van der Waals surface area contributed by atoms with Crippen molar-refractivity contribution < 1.29 is 66.5 Å². The smallest absolute Gasteiger partial charge is 0.790 e.